The van der Waals surface area contributed by atoms with Crippen molar-refractivity contribution < 1.29 is 18.0 Å². The molecule has 4 nitrogen and oxygen atoms in total. The Labute approximate surface area is 123 Å². The maximum Gasteiger partial charge on any atom is 0.391 e. The van der Waals surface area contributed by atoms with Gasteiger partial charge in [0, 0.05) is 19.1 Å². The minimum absolute atomic E-state index is 0.0246. The average Bonchev–Trinajstić information content (AvgIpc) is 2.66. The van der Waals surface area contributed by atoms with Crippen LogP contribution >= 0.6 is 0 Å². The molecule has 2 unspecified atom stereocenters. The molecule has 2 fully saturated rings. The summed E-state index contributed by atoms with van der Waals surface area (Å²) in [7, 11) is 0. The number of alkyl halides is 3. The Bertz CT molecular complexity index is 341. The van der Waals surface area contributed by atoms with Crippen LogP contribution in [-0.2, 0) is 4.79 Å². The van der Waals surface area contributed by atoms with Gasteiger partial charge in [0.1, 0.15) is 0 Å². The summed E-state index contributed by atoms with van der Waals surface area (Å²) in [4.78, 5) is 14.0. The number of halogens is 3. The second-order valence-corrected chi connectivity index (χ2v) is 6.05. The maximum absolute atomic E-state index is 12.7. The lowest BCUT2D eigenvalue weighted by Crippen LogP contribution is -2.46. The third kappa shape index (κ3) is 5.47. The summed E-state index contributed by atoms with van der Waals surface area (Å²) < 4.78 is 38.2. The zero-order chi connectivity index (χ0) is 15.3. The third-order valence-corrected chi connectivity index (χ3v) is 4.30. The van der Waals surface area contributed by atoms with Gasteiger partial charge in [-0.25, -0.2) is 0 Å². The number of carbonyl (C=O) groups is 1. The first-order valence-electron chi connectivity index (χ1n) is 7.74. The standard InChI is InChI=1S/C14H24F3N3O/c15-14(16,17)11-3-1-4-12(9-11)19-13(21)10-20-7-2-5-18-6-8-20/h11-12,18H,1-10H2,(H,19,21). The highest BCUT2D eigenvalue weighted by Gasteiger charge is 2.42. The zero-order valence-corrected chi connectivity index (χ0v) is 12.2. The maximum atomic E-state index is 12.7. The van der Waals surface area contributed by atoms with E-state index in [-0.39, 0.29) is 31.3 Å². The van der Waals surface area contributed by atoms with Gasteiger partial charge in [0.2, 0.25) is 5.91 Å². The van der Waals surface area contributed by atoms with Gasteiger partial charge < -0.3 is 10.6 Å². The first kappa shape index (κ1) is 16.5. The number of hydrogen-bond acceptors (Lipinski definition) is 3. The molecule has 1 amide bonds. The molecule has 1 aliphatic carbocycles. The molecule has 122 valence electrons. The molecule has 0 bridgehead atoms. The van der Waals surface area contributed by atoms with E-state index in [4.69, 9.17) is 0 Å². The number of nitrogens with zero attached hydrogens (tertiary/aromatic N) is 1. The predicted octanol–water partition coefficient (Wildman–Crippen LogP) is 1.52. The van der Waals surface area contributed by atoms with Crippen LogP contribution in [0.15, 0.2) is 0 Å². The van der Waals surface area contributed by atoms with E-state index in [0.717, 1.165) is 32.6 Å². The van der Waals surface area contributed by atoms with E-state index in [9.17, 15) is 18.0 Å². The molecular weight excluding hydrogens is 283 g/mol. The molecule has 2 N–H and O–H groups in total. The molecule has 7 heteroatoms. The molecule has 2 atom stereocenters. The van der Waals surface area contributed by atoms with Gasteiger partial charge in [-0.3, -0.25) is 9.69 Å². The van der Waals surface area contributed by atoms with E-state index in [1.807, 2.05) is 0 Å². The van der Waals surface area contributed by atoms with Gasteiger partial charge in [0.15, 0.2) is 0 Å². The van der Waals surface area contributed by atoms with Crippen molar-refractivity contribution in [2.75, 3.05) is 32.7 Å². The minimum Gasteiger partial charge on any atom is -0.352 e. The molecule has 0 aromatic heterocycles. The Hall–Kier alpha value is -0.820. The summed E-state index contributed by atoms with van der Waals surface area (Å²) in [6.45, 7) is 3.76. The number of hydrogen-bond donors (Lipinski definition) is 2. The van der Waals surface area contributed by atoms with Crippen molar-refractivity contribution in [2.45, 2.75) is 44.3 Å². The smallest absolute Gasteiger partial charge is 0.352 e. The van der Waals surface area contributed by atoms with Crippen LogP contribution in [0.25, 0.3) is 0 Å². The van der Waals surface area contributed by atoms with Crippen LogP contribution in [0, 0.1) is 5.92 Å². The molecule has 2 rings (SSSR count). The number of carbonyl (C=O) groups excluding carboxylic acids is 1. The molecule has 2 aliphatic rings. The van der Waals surface area contributed by atoms with Crippen molar-refractivity contribution in [2.24, 2.45) is 5.92 Å². The quantitative estimate of drug-likeness (QED) is 0.831. The highest BCUT2D eigenvalue weighted by Crippen LogP contribution is 2.37. The number of amides is 1. The molecule has 1 saturated carbocycles. The van der Waals surface area contributed by atoms with Crippen LogP contribution in [0.5, 0.6) is 0 Å². The van der Waals surface area contributed by atoms with Crippen LogP contribution in [0.2, 0.25) is 0 Å². The zero-order valence-electron chi connectivity index (χ0n) is 12.2. The fraction of sp³-hybridized carbons (Fsp3) is 0.929. The summed E-state index contributed by atoms with van der Waals surface area (Å²) in [5.41, 5.74) is 0. The molecule has 1 heterocycles. The van der Waals surface area contributed by atoms with Gasteiger partial charge in [0.05, 0.1) is 12.5 Å². The van der Waals surface area contributed by atoms with Gasteiger partial charge in [-0.2, -0.15) is 13.2 Å². The van der Waals surface area contributed by atoms with Crippen LogP contribution < -0.4 is 10.6 Å². The van der Waals surface area contributed by atoms with Crippen LogP contribution in [-0.4, -0.2) is 55.7 Å². The lowest BCUT2D eigenvalue weighted by Gasteiger charge is -2.31. The molecule has 0 radical (unpaired) electrons. The summed E-state index contributed by atoms with van der Waals surface area (Å²) in [5, 5.41) is 6.04. The molecular formula is C14H24F3N3O. The van der Waals surface area contributed by atoms with Crippen molar-refractivity contribution in [3.63, 3.8) is 0 Å². The highest BCUT2D eigenvalue weighted by atomic mass is 19.4. The normalized spacial score (nSPS) is 28.9. The fourth-order valence-corrected chi connectivity index (χ4v) is 3.15. The first-order chi connectivity index (χ1) is 9.95. The average molecular weight is 307 g/mol. The predicted molar refractivity (Wildman–Crippen MR) is 73.9 cm³/mol. The SMILES string of the molecule is O=C(CN1CCCNCC1)NC1CCCC(C(F)(F)F)C1. The second-order valence-electron chi connectivity index (χ2n) is 6.05. The monoisotopic (exact) mass is 307 g/mol. The van der Waals surface area contributed by atoms with Gasteiger partial charge in [-0.05, 0) is 38.8 Å². The fourth-order valence-electron chi connectivity index (χ4n) is 3.15. The largest absolute Gasteiger partial charge is 0.391 e. The van der Waals surface area contributed by atoms with Crippen molar-refractivity contribution in [3.05, 3.63) is 0 Å². The summed E-state index contributed by atoms with van der Waals surface area (Å²) in [6.07, 6.45) is -1.75. The first-order valence-corrected chi connectivity index (χ1v) is 7.74. The molecule has 0 spiro atoms. The number of rotatable bonds is 3. The minimum atomic E-state index is -4.14. The second kappa shape index (κ2) is 7.45. The lowest BCUT2D eigenvalue weighted by molar-refractivity contribution is -0.184. The van der Waals surface area contributed by atoms with Crippen LogP contribution in [0.3, 0.4) is 0 Å². The lowest BCUT2D eigenvalue weighted by atomic mass is 9.85. The van der Waals surface area contributed by atoms with Crippen molar-refractivity contribution in [3.8, 4) is 0 Å². The van der Waals surface area contributed by atoms with Crippen molar-refractivity contribution in [1.29, 1.82) is 0 Å². The van der Waals surface area contributed by atoms with Crippen molar-refractivity contribution in [1.82, 2.24) is 15.5 Å². The molecule has 0 aromatic carbocycles. The van der Waals surface area contributed by atoms with E-state index < -0.39 is 12.1 Å². The Morgan fingerprint density at radius 3 is 2.76 bits per heavy atom. The molecule has 21 heavy (non-hydrogen) atoms. The Kier molecular flexibility index (Phi) is 5.87. The van der Waals surface area contributed by atoms with Gasteiger partial charge in [-0.1, -0.05) is 6.42 Å². The van der Waals surface area contributed by atoms with Gasteiger partial charge in [-0.15, -0.1) is 0 Å². The molecule has 1 saturated heterocycles. The van der Waals surface area contributed by atoms with Gasteiger partial charge in [0.25, 0.3) is 0 Å². The third-order valence-electron chi connectivity index (χ3n) is 4.30. The Morgan fingerprint density at radius 2 is 2.00 bits per heavy atom. The molecule has 1 aliphatic heterocycles. The molecule has 0 aromatic rings. The Morgan fingerprint density at radius 1 is 1.19 bits per heavy atom. The summed E-state index contributed by atoms with van der Waals surface area (Å²) in [5.74, 6) is -1.41. The van der Waals surface area contributed by atoms with Gasteiger partial charge >= 0.3 is 6.18 Å². The van der Waals surface area contributed by atoms with E-state index in [1.165, 1.54) is 0 Å². The van der Waals surface area contributed by atoms with Crippen molar-refractivity contribution >= 4 is 5.91 Å². The van der Waals surface area contributed by atoms with E-state index in [1.54, 1.807) is 0 Å². The highest BCUT2D eigenvalue weighted by molar-refractivity contribution is 5.78. The van der Waals surface area contributed by atoms with E-state index in [0.29, 0.717) is 12.8 Å². The number of nitrogens with one attached hydrogen (secondary N) is 2. The summed E-state index contributed by atoms with van der Waals surface area (Å²) >= 11 is 0. The van der Waals surface area contributed by atoms with E-state index >= 15 is 0 Å². The summed E-state index contributed by atoms with van der Waals surface area (Å²) in [6, 6.07) is -0.331. The Balaban J connectivity index is 1.76. The van der Waals surface area contributed by atoms with Crippen LogP contribution in [0.1, 0.15) is 32.1 Å². The van der Waals surface area contributed by atoms with Crippen LogP contribution in [0.4, 0.5) is 13.2 Å². The van der Waals surface area contributed by atoms with E-state index in [2.05, 4.69) is 15.5 Å². The topological polar surface area (TPSA) is 44.4 Å².